The standard InChI is InChI=1S/C33H31ClFN3O2/c34-27-10-8-26(9-11-27)32(39)37-29-14-15-31(30(21-29)33(40)36-22-25-6-12-28(35)13-7-25)38-18-16-24(17-19-38)20-23-4-2-1-3-5-23/h1-15,21,24H,16-20,22H2,(H,36,40)(H,37,39). The summed E-state index contributed by atoms with van der Waals surface area (Å²) < 4.78 is 13.3. The summed E-state index contributed by atoms with van der Waals surface area (Å²) in [5.74, 6) is -0.276. The molecule has 1 saturated heterocycles. The third-order valence-electron chi connectivity index (χ3n) is 7.29. The molecule has 1 aliphatic rings. The van der Waals surface area contributed by atoms with Crippen LogP contribution in [-0.4, -0.2) is 24.9 Å². The highest BCUT2D eigenvalue weighted by molar-refractivity contribution is 6.30. The van der Waals surface area contributed by atoms with Crippen molar-refractivity contribution in [3.8, 4) is 0 Å². The highest BCUT2D eigenvalue weighted by Crippen LogP contribution is 2.30. The maximum absolute atomic E-state index is 13.5. The molecule has 4 aromatic carbocycles. The first kappa shape index (κ1) is 27.4. The molecule has 204 valence electrons. The quantitative estimate of drug-likeness (QED) is 0.243. The number of nitrogens with one attached hydrogen (secondary N) is 2. The predicted octanol–water partition coefficient (Wildman–Crippen LogP) is 7.12. The van der Waals surface area contributed by atoms with E-state index in [-0.39, 0.29) is 24.2 Å². The van der Waals surface area contributed by atoms with E-state index < -0.39 is 0 Å². The zero-order chi connectivity index (χ0) is 27.9. The van der Waals surface area contributed by atoms with Crippen LogP contribution in [0.1, 0.15) is 44.7 Å². The van der Waals surface area contributed by atoms with E-state index in [0.29, 0.717) is 27.8 Å². The average molecular weight is 556 g/mol. The average Bonchev–Trinajstić information content (AvgIpc) is 2.98. The van der Waals surface area contributed by atoms with Crippen molar-refractivity contribution in [3.05, 3.63) is 130 Å². The minimum atomic E-state index is -0.322. The number of halogens is 2. The number of carbonyl (C=O) groups is 2. The highest BCUT2D eigenvalue weighted by Gasteiger charge is 2.24. The predicted molar refractivity (Wildman–Crippen MR) is 159 cm³/mol. The van der Waals surface area contributed by atoms with E-state index in [0.717, 1.165) is 43.6 Å². The minimum absolute atomic E-state index is 0.256. The molecule has 0 atom stereocenters. The molecule has 0 unspecified atom stereocenters. The first-order chi connectivity index (χ1) is 19.4. The van der Waals surface area contributed by atoms with Crippen molar-refractivity contribution in [2.45, 2.75) is 25.8 Å². The third-order valence-corrected chi connectivity index (χ3v) is 7.55. The Morgan fingerprint density at radius 1 is 0.825 bits per heavy atom. The zero-order valence-corrected chi connectivity index (χ0v) is 22.8. The van der Waals surface area contributed by atoms with Gasteiger partial charge >= 0.3 is 0 Å². The highest BCUT2D eigenvalue weighted by atomic mass is 35.5. The summed E-state index contributed by atoms with van der Waals surface area (Å²) in [4.78, 5) is 28.5. The topological polar surface area (TPSA) is 61.4 Å². The molecule has 0 spiro atoms. The molecule has 0 radical (unpaired) electrons. The van der Waals surface area contributed by atoms with E-state index in [4.69, 9.17) is 11.6 Å². The fourth-order valence-corrected chi connectivity index (χ4v) is 5.21. The molecule has 0 bridgehead atoms. The molecule has 1 heterocycles. The van der Waals surface area contributed by atoms with Gasteiger partial charge in [0, 0.05) is 41.6 Å². The van der Waals surface area contributed by atoms with Crippen molar-refractivity contribution >= 4 is 34.8 Å². The van der Waals surface area contributed by atoms with Gasteiger partial charge in [-0.3, -0.25) is 9.59 Å². The Morgan fingerprint density at radius 2 is 1.52 bits per heavy atom. The smallest absolute Gasteiger partial charge is 0.255 e. The van der Waals surface area contributed by atoms with Crippen molar-refractivity contribution in [2.24, 2.45) is 5.92 Å². The van der Waals surface area contributed by atoms with Gasteiger partial charge < -0.3 is 15.5 Å². The van der Waals surface area contributed by atoms with Gasteiger partial charge in [-0.05, 0) is 90.9 Å². The van der Waals surface area contributed by atoms with Crippen molar-refractivity contribution in [2.75, 3.05) is 23.3 Å². The normalized spacial score (nSPS) is 13.6. The monoisotopic (exact) mass is 555 g/mol. The Morgan fingerprint density at radius 3 is 2.23 bits per heavy atom. The lowest BCUT2D eigenvalue weighted by Gasteiger charge is -2.35. The SMILES string of the molecule is O=C(Nc1ccc(N2CCC(Cc3ccccc3)CC2)c(C(=O)NCc2ccc(F)cc2)c1)c1ccc(Cl)cc1. The molecular formula is C33H31ClFN3O2. The molecule has 40 heavy (non-hydrogen) atoms. The molecule has 0 aliphatic carbocycles. The molecule has 4 aromatic rings. The molecule has 0 saturated carbocycles. The molecule has 5 nitrogen and oxygen atoms in total. The second-order valence-electron chi connectivity index (χ2n) is 10.1. The van der Waals surface area contributed by atoms with Crippen LogP contribution in [0, 0.1) is 11.7 Å². The van der Waals surface area contributed by atoms with E-state index in [9.17, 15) is 14.0 Å². The number of nitrogens with zero attached hydrogens (tertiary/aromatic N) is 1. The maximum Gasteiger partial charge on any atom is 0.255 e. The van der Waals surface area contributed by atoms with Crippen LogP contribution in [0.25, 0.3) is 0 Å². The number of hydrogen-bond acceptors (Lipinski definition) is 3. The molecule has 5 rings (SSSR count). The Bertz CT molecular complexity index is 1450. The number of amides is 2. The number of carbonyl (C=O) groups excluding carboxylic acids is 2. The van der Waals surface area contributed by atoms with Crippen LogP contribution in [0.3, 0.4) is 0 Å². The van der Waals surface area contributed by atoms with Crippen molar-refractivity contribution in [3.63, 3.8) is 0 Å². The second-order valence-corrected chi connectivity index (χ2v) is 10.6. The number of benzene rings is 4. The van der Waals surface area contributed by atoms with Crippen LogP contribution in [0.15, 0.2) is 97.1 Å². The summed E-state index contributed by atoms with van der Waals surface area (Å²) in [6, 6.07) is 28.7. The number of rotatable bonds is 8. The van der Waals surface area contributed by atoms with Crippen LogP contribution >= 0.6 is 11.6 Å². The fourth-order valence-electron chi connectivity index (χ4n) is 5.08. The van der Waals surface area contributed by atoms with Crippen molar-refractivity contribution in [1.29, 1.82) is 0 Å². The van der Waals surface area contributed by atoms with Gasteiger partial charge in [-0.1, -0.05) is 54.1 Å². The van der Waals surface area contributed by atoms with E-state index >= 15 is 0 Å². The lowest BCUT2D eigenvalue weighted by atomic mass is 9.89. The summed E-state index contributed by atoms with van der Waals surface area (Å²) in [6.45, 7) is 1.94. The van der Waals surface area contributed by atoms with Gasteiger partial charge in [-0.15, -0.1) is 0 Å². The number of hydrogen-bond donors (Lipinski definition) is 2. The van der Waals surface area contributed by atoms with Gasteiger partial charge in [0.1, 0.15) is 5.82 Å². The van der Waals surface area contributed by atoms with Crippen LogP contribution < -0.4 is 15.5 Å². The van der Waals surface area contributed by atoms with Gasteiger partial charge in [0.2, 0.25) is 0 Å². The first-order valence-electron chi connectivity index (χ1n) is 13.5. The molecular weight excluding hydrogens is 525 g/mol. The van der Waals surface area contributed by atoms with Crippen LogP contribution in [0.4, 0.5) is 15.8 Å². The molecule has 1 fully saturated rings. The van der Waals surface area contributed by atoms with Gasteiger partial charge in [0.25, 0.3) is 11.8 Å². The fraction of sp³-hybridized carbons (Fsp3) is 0.212. The van der Waals surface area contributed by atoms with Crippen LogP contribution in [-0.2, 0) is 13.0 Å². The summed E-state index contributed by atoms with van der Waals surface area (Å²) in [5.41, 5.74) is 4.45. The van der Waals surface area contributed by atoms with Gasteiger partial charge in [0.15, 0.2) is 0 Å². The van der Waals surface area contributed by atoms with E-state index in [1.165, 1.54) is 17.7 Å². The van der Waals surface area contributed by atoms with E-state index in [2.05, 4.69) is 39.8 Å². The van der Waals surface area contributed by atoms with E-state index in [1.807, 2.05) is 18.2 Å². The van der Waals surface area contributed by atoms with Gasteiger partial charge in [0.05, 0.1) is 5.56 Å². The molecule has 7 heteroatoms. The molecule has 1 aliphatic heterocycles. The van der Waals surface area contributed by atoms with Crippen LogP contribution in [0.2, 0.25) is 5.02 Å². The zero-order valence-electron chi connectivity index (χ0n) is 22.1. The lowest BCUT2D eigenvalue weighted by Crippen LogP contribution is -2.36. The second kappa shape index (κ2) is 12.8. The Kier molecular flexibility index (Phi) is 8.77. The Hall–Kier alpha value is -4.16. The lowest BCUT2D eigenvalue weighted by molar-refractivity contribution is 0.0950. The minimum Gasteiger partial charge on any atom is -0.371 e. The number of anilines is 2. The van der Waals surface area contributed by atoms with Crippen molar-refractivity contribution < 1.29 is 14.0 Å². The van der Waals surface area contributed by atoms with E-state index in [1.54, 1.807) is 42.5 Å². The molecule has 0 aromatic heterocycles. The van der Waals surface area contributed by atoms with Crippen LogP contribution in [0.5, 0.6) is 0 Å². The summed E-state index contributed by atoms with van der Waals surface area (Å²) in [5, 5.41) is 6.40. The van der Waals surface area contributed by atoms with Crippen molar-refractivity contribution in [1.82, 2.24) is 5.32 Å². The largest absolute Gasteiger partial charge is 0.371 e. The third kappa shape index (κ3) is 7.07. The Labute approximate surface area is 239 Å². The molecule has 2 N–H and O–H groups in total. The number of piperidine rings is 1. The Balaban J connectivity index is 1.33. The van der Waals surface area contributed by atoms with Gasteiger partial charge in [-0.25, -0.2) is 4.39 Å². The van der Waals surface area contributed by atoms with Gasteiger partial charge in [-0.2, -0.15) is 0 Å². The summed E-state index contributed by atoms with van der Waals surface area (Å²) in [7, 11) is 0. The summed E-state index contributed by atoms with van der Waals surface area (Å²) in [6.07, 6.45) is 3.11. The molecule has 2 amide bonds. The first-order valence-corrected chi connectivity index (χ1v) is 13.8. The summed E-state index contributed by atoms with van der Waals surface area (Å²) >= 11 is 5.96. The maximum atomic E-state index is 13.5.